The number of carbonyl (C=O) groups is 1. The van der Waals surface area contributed by atoms with Crippen molar-refractivity contribution in [1.82, 2.24) is 20.1 Å². The summed E-state index contributed by atoms with van der Waals surface area (Å²) in [6.45, 7) is 0. The van der Waals surface area contributed by atoms with Crippen LogP contribution in [0.4, 0.5) is 0 Å². The van der Waals surface area contributed by atoms with Crippen LogP contribution in [0.1, 0.15) is 44.4 Å². The molecule has 1 aliphatic rings. The first-order valence-electron chi connectivity index (χ1n) is 7.21. The van der Waals surface area contributed by atoms with Crippen molar-refractivity contribution in [2.45, 2.75) is 44.9 Å². The molecule has 2 aromatic heterocycles. The molecule has 0 radical (unpaired) electrons. The van der Waals surface area contributed by atoms with E-state index < -0.39 is 5.97 Å². The minimum atomic E-state index is -0.761. The van der Waals surface area contributed by atoms with Crippen molar-refractivity contribution in [3.05, 3.63) is 18.3 Å². The van der Waals surface area contributed by atoms with Crippen LogP contribution in [0.15, 0.2) is 16.9 Å². The van der Waals surface area contributed by atoms with Gasteiger partial charge in [0.1, 0.15) is 0 Å². The Morgan fingerprint density at radius 1 is 1.38 bits per heavy atom. The zero-order chi connectivity index (χ0) is 14.7. The molecule has 0 unspecified atom stereocenters. The Morgan fingerprint density at radius 3 is 2.86 bits per heavy atom. The van der Waals surface area contributed by atoms with Crippen LogP contribution >= 0.6 is 0 Å². The predicted octanol–water partition coefficient (Wildman–Crippen LogP) is 2.43. The SMILES string of the molecule is O=C(O)CC1(Cc2nc(-c3ncc[nH]3)no2)CCCCC1. The van der Waals surface area contributed by atoms with Gasteiger partial charge < -0.3 is 14.6 Å². The van der Waals surface area contributed by atoms with Crippen molar-refractivity contribution in [3.63, 3.8) is 0 Å². The van der Waals surface area contributed by atoms with Gasteiger partial charge in [-0.15, -0.1) is 0 Å². The summed E-state index contributed by atoms with van der Waals surface area (Å²) in [6, 6.07) is 0. The van der Waals surface area contributed by atoms with Crippen LogP contribution < -0.4 is 0 Å². The highest BCUT2D eigenvalue weighted by molar-refractivity contribution is 5.67. The van der Waals surface area contributed by atoms with Crippen LogP contribution in [0, 0.1) is 5.41 Å². The van der Waals surface area contributed by atoms with E-state index in [1.165, 1.54) is 6.42 Å². The van der Waals surface area contributed by atoms with Gasteiger partial charge >= 0.3 is 5.97 Å². The highest BCUT2D eigenvalue weighted by Gasteiger charge is 2.36. The molecule has 7 nitrogen and oxygen atoms in total. The topological polar surface area (TPSA) is 105 Å². The first-order valence-corrected chi connectivity index (χ1v) is 7.21. The van der Waals surface area contributed by atoms with Crippen molar-refractivity contribution in [2.24, 2.45) is 5.41 Å². The Hall–Kier alpha value is -2.18. The van der Waals surface area contributed by atoms with E-state index in [2.05, 4.69) is 20.1 Å². The van der Waals surface area contributed by atoms with Crippen LogP contribution in [0.5, 0.6) is 0 Å². The number of nitrogens with one attached hydrogen (secondary N) is 1. The molecule has 0 spiro atoms. The molecule has 1 saturated carbocycles. The average molecular weight is 290 g/mol. The number of aromatic amines is 1. The van der Waals surface area contributed by atoms with Crippen LogP contribution in [0.25, 0.3) is 11.6 Å². The van der Waals surface area contributed by atoms with Gasteiger partial charge in [-0.2, -0.15) is 4.98 Å². The van der Waals surface area contributed by atoms with E-state index >= 15 is 0 Å². The summed E-state index contributed by atoms with van der Waals surface area (Å²) in [4.78, 5) is 22.5. The van der Waals surface area contributed by atoms with Gasteiger partial charge in [-0.3, -0.25) is 4.79 Å². The molecule has 1 fully saturated rings. The third kappa shape index (κ3) is 3.12. The lowest BCUT2D eigenvalue weighted by Gasteiger charge is -2.34. The van der Waals surface area contributed by atoms with Gasteiger partial charge in [0.2, 0.25) is 11.7 Å². The number of H-pyrrole nitrogens is 1. The molecule has 1 aliphatic carbocycles. The molecule has 112 valence electrons. The van der Waals surface area contributed by atoms with E-state index in [4.69, 9.17) is 4.52 Å². The number of carboxylic acid groups (broad SMARTS) is 1. The van der Waals surface area contributed by atoms with E-state index in [9.17, 15) is 9.90 Å². The molecule has 0 atom stereocenters. The predicted molar refractivity (Wildman–Crippen MR) is 73.4 cm³/mol. The van der Waals surface area contributed by atoms with Crippen molar-refractivity contribution in [1.29, 1.82) is 0 Å². The van der Waals surface area contributed by atoms with Crippen LogP contribution in [0.2, 0.25) is 0 Å². The molecular weight excluding hydrogens is 272 g/mol. The fourth-order valence-electron chi connectivity index (χ4n) is 3.17. The quantitative estimate of drug-likeness (QED) is 0.876. The first kappa shape index (κ1) is 13.8. The molecule has 0 saturated heterocycles. The Bertz CT molecular complexity index is 600. The van der Waals surface area contributed by atoms with Crippen molar-refractivity contribution in [3.8, 4) is 11.6 Å². The van der Waals surface area contributed by atoms with Crippen molar-refractivity contribution >= 4 is 5.97 Å². The van der Waals surface area contributed by atoms with Crippen molar-refractivity contribution in [2.75, 3.05) is 0 Å². The third-order valence-corrected chi connectivity index (χ3v) is 4.14. The zero-order valence-electron chi connectivity index (χ0n) is 11.7. The standard InChI is InChI=1S/C14H18N4O3/c19-11(20)9-14(4-2-1-3-5-14)8-10-17-13(18-21-10)12-15-6-7-16-12/h6-7H,1-5,8-9H2,(H,15,16)(H,19,20). The smallest absolute Gasteiger partial charge is 0.303 e. The molecule has 2 aromatic rings. The van der Waals surface area contributed by atoms with E-state index in [1.807, 2.05) is 0 Å². The number of rotatable bonds is 5. The highest BCUT2D eigenvalue weighted by atomic mass is 16.5. The number of aliphatic carboxylic acids is 1. The van der Waals surface area contributed by atoms with Gasteiger partial charge in [0.05, 0.1) is 6.42 Å². The monoisotopic (exact) mass is 290 g/mol. The van der Waals surface area contributed by atoms with Gasteiger partial charge in [0.25, 0.3) is 0 Å². The minimum Gasteiger partial charge on any atom is -0.481 e. The lowest BCUT2D eigenvalue weighted by Crippen LogP contribution is -2.29. The van der Waals surface area contributed by atoms with Gasteiger partial charge in [0, 0.05) is 18.8 Å². The molecule has 3 rings (SSSR count). The molecular formula is C14H18N4O3. The van der Waals surface area contributed by atoms with E-state index in [0.29, 0.717) is 24.0 Å². The molecule has 2 heterocycles. The molecule has 2 N–H and O–H groups in total. The third-order valence-electron chi connectivity index (χ3n) is 4.14. The highest BCUT2D eigenvalue weighted by Crippen LogP contribution is 2.42. The summed E-state index contributed by atoms with van der Waals surface area (Å²) in [6.07, 6.45) is 9.09. The minimum absolute atomic E-state index is 0.158. The molecule has 21 heavy (non-hydrogen) atoms. The Morgan fingerprint density at radius 2 is 2.19 bits per heavy atom. The summed E-state index contributed by atoms with van der Waals surface area (Å²) in [7, 11) is 0. The van der Waals surface area contributed by atoms with Crippen molar-refractivity contribution < 1.29 is 14.4 Å². The molecule has 0 aliphatic heterocycles. The maximum absolute atomic E-state index is 11.2. The van der Waals surface area contributed by atoms with Crippen LogP contribution in [-0.4, -0.2) is 31.2 Å². The first-order chi connectivity index (χ1) is 10.2. The zero-order valence-corrected chi connectivity index (χ0v) is 11.7. The maximum Gasteiger partial charge on any atom is 0.303 e. The number of carboxylic acids is 1. The fraction of sp³-hybridized carbons (Fsp3) is 0.571. The average Bonchev–Trinajstić information content (AvgIpc) is 3.09. The summed E-state index contributed by atoms with van der Waals surface area (Å²) in [5, 5.41) is 13.1. The molecule has 0 aromatic carbocycles. The summed E-state index contributed by atoms with van der Waals surface area (Å²) < 4.78 is 5.28. The van der Waals surface area contributed by atoms with Gasteiger partial charge in [-0.05, 0) is 18.3 Å². The van der Waals surface area contributed by atoms with E-state index in [1.54, 1.807) is 12.4 Å². The lowest BCUT2D eigenvalue weighted by molar-refractivity contribution is -0.140. The number of nitrogens with zero attached hydrogens (tertiary/aromatic N) is 3. The summed E-state index contributed by atoms with van der Waals surface area (Å²) >= 11 is 0. The van der Waals surface area contributed by atoms with Crippen LogP contribution in [0.3, 0.4) is 0 Å². The second-order valence-corrected chi connectivity index (χ2v) is 5.76. The maximum atomic E-state index is 11.2. The molecule has 7 heteroatoms. The molecule has 0 bridgehead atoms. The van der Waals surface area contributed by atoms with E-state index in [0.717, 1.165) is 25.7 Å². The fourth-order valence-corrected chi connectivity index (χ4v) is 3.17. The largest absolute Gasteiger partial charge is 0.481 e. The second-order valence-electron chi connectivity index (χ2n) is 5.76. The Balaban J connectivity index is 1.78. The lowest BCUT2D eigenvalue weighted by atomic mass is 9.69. The van der Waals surface area contributed by atoms with Crippen LogP contribution in [-0.2, 0) is 11.2 Å². The number of hydrogen-bond donors (Lipinski definition) is 2. The summed E-state index contributed by atoms with van der Waals surface area (Å²) in [5.41, 5.74) is -0.253. The van der Waals surface area contributed by atoms with Gasteiger partial charge in [0.15, 0.2) is 5.82 Å². The van der Waals surface area contributed by atoms with E-state index in [-0.39, 0.29) is 11.8 Å². The van der Waals surface area contributed by atoms with Gasteiger partial charge in [-0.1, -0.05) is 24.4 Å². The Kier molecular flexibility index (Phi) is 3.72. The number of imidazole rings is 1. The molecule has 0 amide bonds. The van der Waals surface area contributed by atoms with Gasteiger partial charge in [-0.25, -0.2) is 4.98 Å². The number of hydrogen-bond acceptors (Lipinski definition) is 5. The summed E-state index contributed by atoms with van der Waals surface area (Å²) in [5.74, 6) is 0.699. The Labute approximate surface area is 121 Å². The normalized spacial score (nSPS) is 17.7. The number of aromatic nitrogens is 4. The second kappa shape index (κ2) is 5.67.